The summed E-state index contributed by atoms with van der Waals surface area (Å²) in [5.74, 6) is -0.408. The van der Waals surface area contributed by atoms with Crippen molar-refractivity contribution in [1.29, 1.82) is 0 Å². The van der Waals surface area contributed by atoms with Crippen LogP contribution in [0.5, 0.6) is 0 Å². The van der Waals surface area contributed by atoms with Gasteiger partial charge in [-0.1, -0.05) is 39.3 Å². The maximum Gasteiger partial charge on any atom is 0.190 e. The van der Waals surface area contributed by atoms with Crippen molar-refractivity contribution in [3.63, 3.8) is 0 Å². The number of aliphatic hydroxyl groups is 3. The highest BCUT2D eigenvalue weighted by atomic mass is 16.3. The third kappa shape index (κ3) is 2.24. The van der Waals surface area contributed by atoms with Gasteiger partial charge >= 0.3 is 0 Å². The van der Waals surface area contributed by atoms with E-state index in [2.05, 4.69) is 13.8 Å². The van der Waals surface area contributed by atoms with Crippen molar-refractivity contribution in [2.24, 2.45) is 40.4 Å². The molecule has 0 bridgehead atoms. The molecule has 3 N–H and O–H groups in total. The number of fused-ring (bicyclic) bond motifs is 5. The fourth-order valence-corrected chi connectivity index (χ4v) is 7.80. The summed E-state index contributed by atoms with van der Waals surface area (Å²) in [4.78, 5) is 24.6. The average Bonchev–Trinajstić information content (AvgIpc) is 2.83. The van der Waals surface area contributed by atoms with Crippen LogP contribution in [-0.2, 0) is 9.59 Å². The van der Waals surface area contributed by atoms with E-state index in [9.17, 15) is 24.9 Å². The summed E-state index contributed by atoms with van der Waals surface area (Å²) < 4.78 is 0. The second kappa shape index (κ2) is 6.10. The molecule has 0 radical (unpaired) electrons. The van der Waals surface area contributed by atoms with E-state index in [-0.39, 0.29) is 40.8 Å². The summed E-state index contributed by atoms with van der Waals surface area (Å²) in [6, 6.07) is 0. The van der Waals surface area contributed by atoms with Crippen molar-refractivity contribution in [2.75, 3.05) is 6.61 Å². The molecule has 154 valence electrons. The van der Waals surface area contributed by atoms with Gasteiger partial charge in [0.05, 0.1) is 6.10 Å². The predicted octanol–water partition coefficient (Wildman–Crippen LogP) is 2.05. The van der Waals surface area contributed by atoms with Crippen molar-refractivity contribution < 1.29 is 24.9 Å². The van der Waals surface area contributed by atoms with E-state index < -0.39 is 29.5 Å². The quantitative estimate of drug-likeness (QED) is 0.673. The molecule has 9 atom stereocenters. The van der Waals surface area contributed by atoms with Crippen LogP contribution in [0.15, 0.2) is 23.8 Å². The minimum Gasteiger partial charge on any atom is -0.393 e. The van der Waals surface area contributed by atoms with Crippen LogP contribution in [0.4, 0.5) is 0 Å². The monoisotopic (exact) mass is 388 g/mol. The molecule has 0 aromatic carbocycles. The summed E-state index contributed by atoms with van der Waals surface area (Å²) in [7, 11) is 0. The first-order valence-corrected chi connectivity index (χ1v) is 10.5. The third-order valence-electron chi connectivity index (χ3n) is 8.97. The molecule has 4 aliphatic carbocycles. The second-order valence-electron chi connectivity index (χ2n) is 10.2. The van der Waals surface area contributed by atoms with Gasteiger partial charge in [-0.2, -0.15) is 0 Å². The first kappa shape index (κ1) is 20.0. The third-order valence-corrected chi connectivity index (χ3v) is 8.97. The number of carbonyl (C=O) groups is 2. The molecule has 0 aromatic heterocycles. The molecule has 0 saturated heterocycles. The van der Waals surface area contributed by atoms with Crippen molar-refractivity contribution in [3.05, 3.63) is 23.8 Å². The van der Waals surface area contributed by atoms with Crippen LogP contribution in [0, 0.1) is 40.4 Å². The van der Waals surface area contributed by atoms with Crippen LogP contribution >= 0.6 is 0 Å². The Hall–Kier alpha value is -1.30. The normalized spacial score (nSPS) is 52.5. The van der Waals surface area contributed by atoms with Crippen LogP contribution in [-0.4, -0.2) is 45.2 Å². The summed E-state index contributed by atoms with van der Waals surface area (Å²) >= 11 is 0. The highest BCUT2D eigenvalue weighted by Crippen LogP contribution is 2.68. The molecule has 5 nitrogen and oxygen atoms in total. The standard InChI is InChI=1S/C23H32O5/c1-12-7-15-17-8-13(2)23(28,19(27)11-24)22(17,4)10-18(26)20(15)21(3)6-5-14(25)9-16(12)21/h5-6,9,12-13,15,17-18,20,24,26,28H,7-8,10-11H2,1-4H3/t12-,13+,15-,17-,18?,20+,21-,22-,23-/m0/s1. The van der Waals surface area contributed by atoms with Gasteiger partial charge in [0.25, 0.3) is 0 Å². The summed E-state index contributed by atoms with van der Waals surface area (Å²) in [5.41, 5.74) is -1.67. The van der Waals surface area contributed by atoms with Crippen LogP contribution in [0.25, 0.3) is 0 Å². The Kier molecular flexibility index (Phi) is 4.36. The minimum atomic E-state index is -1.61. The predicted molar refractivity (Wildman–Crippen MR) is 104 cm³/mol. The molecule has 0 spiro atoms. The maximum absolute atomic E-state index is 12.6. The first-order chi connectivity index (χ1) is 13.0. The molecule has 3 fully saturated rings. The molecule has 28 heavy (non-hydrogen) atoms. The number of allylic oxidation sites excluding steroid dienone is 4. The van der Waals surface area contributed by atoms with E-state index in [0.717, 1.165) is 12.0 Å². The van der Waals surface area contributed by atoms with Gasteiger partial charge in [0.1, 0.15) is 12.2 Å². The zero-order chi connectivity index (χ0) is 20.6. The zero-order valence-electron chi connectivity index (χ0n) is 17.2. The Morgan fingerprint density at radius 2 is 1.93 bits per heavy atom. The molecule has 0 aromatic rings. The molecule has 4 aliphatic rings. The Bertz CT molecular complexity index is 784. The van der Waals surface area contributed by atoms with Crippen LogP contribution in [0.2, 0.25) is 0 Å². The number of aliphatic hydroxyl groups excluding tert-OH is 2. The van der Waals surface area contributed by atoms with E-state index in [0.29, 0.717) is 12.8 Å². The maximum atomic E-state index is 12.6. The van der Waals surface area contributed by atoms with Crippen molar-refractivity contribution in [1.82, 2.24) is 0 Å². The second-order valence-corrected chi connectivity index (χ2v) is 10.2. The number of rotatable bonds is 2. The average molecular weight is 389 g/mol. The van der Waals surface area contributed by atoms with E-state index >= 15 is 0 Å². The lowest BCUT2D eigenvalue weighted by molar-refractivity contribution is -0.185. The molecular formula is C23H32O5. The SMILES string of the molecule is C[C@@H]1C[C@H]2[C@@H]3C[C@H](C)C4=CC(=O)C=C[C@]4(C)[C@H]3C(O)C[C@]2(C)[C@@]1(O)C(=O)CO. The topological polar surface area (TPSA) is 94.8 Å². The lowest BCUT2D eigenvalue weighted by Gasteiger charge is -2.60. The summed E-state index contributed by atoms with van der Waals surface area (Å²) in [5, 5.41) is 32.3. The van der Waals surface area contributed by atoms with Gasteiger partial charge in [-0.05, 0) is 55.1 Å². The smallest absolute Gasteiger partial charge is 0.190 e. The van der Waals surface area contributed by atoms with Gasteiger partial charge in [0.15, 0.2) is 11.6 Å². The first-order valence-electron chi connectivity index (χ1n) is 10.5. The van der Waals surface area contributed by atoms with Gasteiger partial charge in [-0.25, -0.2) is 0 Å². The molecule has 5 heteroatoms. The van der Waals surface area contributed by atoms with Crippen LogP contribution in [0.3, 0.4) is 0 Å². The molecule has 0 aliphatic heterocycles. The molecule has 4 rings (SSSR count). The summed E-state index contributed by atoms with van der Waals surface area (Å²) in [6.45, 7) is 7.38. The van der Waals surface area contributed by atoms with Crippen molar-refractivity contribution >= 4 is 11.6 Å². The Morgan fingerprint density at radius 1 is 1.25 bits per heavy atom. The highest BCUT2D eigenvalue weighted by Gasteiger charge is 2.70. The Morgan fingerprint density at radius 3 is 2.57 bits per heavy atom. The zero-order valence-corrected chi connectivity index (χ0v) is 17.2. The molecule has 0 heterocycles. The molecule has 3 saturated carbocycles. The van der Waals surface area contributed by atoms with E-state index in [4.69, 9.17) is 0 Å². The Balaban J connectivity index is 1.81. The number of Topliss-reactive ketones (excluding diaryl/α,β-unsaturated/α-hetero) is 1. The minimum absolute atomic E-state index is 0.00492. The van der Waals surface area contributed by atoms with Crippen LogP contribution in [0.1, 0.15) is 47.0 Å². The number of hydrogen-bond donors (Lipinski definition) is 3. The highest BCUT2D eigenvalue weighted by molar-refractivity contribution is 6.01. The lowest BCUT2D eigenvalue weighted by Crippen LogP contribution is -2.63. The fourth-order valence-electron chi connectivity index (χ4n) is 7.80. The molecule has 1 unspecified atom stereocenters. The fraction of sp³-hybridized carbons (Fsp3) is 0.739. The van der Waals surface area contributed by atoms with Gasteiger partial charge in [0.2, 0.25) is 0 Å². The van der Waals surface area contributed by atoms with Crippen molar-refractivity contribution in [3.8, 4) is 0 Å². The van der Waals surface area contributed by atoms with E-state index in [1.54, 1.807) is 12.2 Å². The molecule has 0 amide bonds. The number of hydrogen-bond acceptors (Lipinski definition) is 5. The Labute approximate surface area is 166 Å². The van der Waals surface area contributed by atoms with Gasteiger partial charge in [-0.15, -0.1) is 0 Å². The lowest BCUT2D eigenvalue weighted by atomic mass is 9.44. The van der Waals surface area contributed by atoms with Crippen molar-refractivity contribution in [2.45, 2.75) is 58.7 Å². The molecular weight excluding hydrogens is 356 g/mol. The van der Waals surface area contributed by atoms with Gasteiger partial charge < -0.3 is 15.3 Å². The van der Waals surface area contributed by atoms with E-state index in [1.807, 2.05) is 19.9 Å². The van der Waals surface area contributed by atoms with Gasteiger partial charge in [-0.3, -0.25) is 9.59 Å². The summed E-state index contributed by atoms with van der Waals surface area (Å²) in [6.07, 6.45) is 6.50. The largest absolute Gasteiger partial charge is 0.393 e. The van der Waals surface area contributed by atoms with Gasteiger partial charge in [0, 0.05) is 16.7 Å². The van der Waals surface area contributed by atoms with E-state index in [1.165, 1.54) is 0 Å². The van der Waals surface area contributed by atoms with Crippen LogP contribution < -0.4 is 0 Å². The number of carbonyl (C=O) groups excluding carboxylic acids is 2. The number of ketones is 2.